The van der Waals surface area contributed by atoms with Crippen LogP contribution < -0.4 is 0 Å². The molecule has 4 heteroatoms. The first-order valence-corrected chi connectivity index (χ1v) is 9.52. The summed E-state index contributed by atoms with van der Waals surface area (Å²) in [6.07, 6.45) is 12.7. The molecule has 0 aromatic heterocycles. The van der Waals surface area contributed by atoms with Crippen molar-refractivity contribution >= 4 is 5.71 Å². The van der Waals surface area contributed by atoms with E-state index in [0.717, 1.165) is 44.9 Å². The maximum atomic E-state index is 9.55. The molecule has 1 unspecified atom stereocenters. The van der Waals surface area contributed by atoms with Gasteiger partial charge in [0.25, 0.3) is 0 Å². The van der Waals surface area contributed by atoms with Gasteiger partial charge >= 0.3 is 0 Å². The third kappa shape index (κ3) is 5.54. The molecule has 0 spiro atoms. The number of hydrogen-bond acceptors (Lipinski definition) is 4. The Labute approximate surface area is 136 Å². The largest absolute Gasteiger partial charge is 0.411 e. The highest BCUT2D eigenvalue weighted by molar-refractivity contribution is 5.89. The molecule has 2 aliphatic rings. The van der Waals surface area contributed by atoms with Crippen LogP contribution in [0.25, 0.3) is 0 Å². The number of rotatable bonds is 2. The van der Waals surface area contributed by atoms with E-state index in [4.69, 9.17) is 0 Å². The van der Waals surface area contributed by atoms with E-state index in [-0.39, 0.29) is 0 Å². The van der Waals surface area contributed by atoms with Gasteiger partial charge in [-0.15, -0.1) is 0 Å². The third-order valence-corrected chi connectivity index (χ3v) is 5.47. The molecule has 128 valence electrons. The maximum Gasteiger partial charge on any atom is 0.0742 e. The number of nitrogens with zero attached hydrogens (tertiary/aromatic N) is 3. The molecular weight excluding hydrogens is 274 g/mol. The predicted molar refractivity (Wildman–Crippen MR) is 92.9 cm³/mol. The monoisotopic (exact) mass is 309 g/mol. The minimum Gasteiger partial charge on any atom is -0.411 e. The van der Waals surface area contributed by atoms with Crippen LogP contribution in [0.5, 0.6) is 0 Å². The summed E-state index contributed by atoms with van der Waals surface area (Å²) < 4.78 is 0. The van der Waals surface area contributed by atoms with Crippen LogP contribution in [0.4, 0.5) is 0 Å². The van der Waals surface area contributed by atoms with Crippen LogP contribution >= 0.6 is 0 Å². The zero-order valence-electron chi connectivity index (χ0n) is 14.5. The average Bonchev–Trinajstić information content (AvgIpc) is 2.55. The number of hydrogen-bond donors (Lipinski definition) is 1. The number of likely N-dealkylation sites (N-methyl/N-ethyl adjacent to an activating group) is 1. The molecule has 1 saturated carbocycles. The molecule has 0 radical (unpaired) electrons. The molecule has 2 rings (SSSR count). The highest BCUT2D eigenvalue weighted by Gasteiger charge is 2.27. The Balaban J connectivity index is 1.95. The van der Waals surface area contributed by atoms with E-state index in [1.54, 1.807) is 0 Å². The quantitative estimate of drug-likeness (QED) is 0.624. The maximum absolute atomic E-state index is 9.55. The lowest BCUT2D eigenvalue weighted by Gasteiger charge is -2.39. The van der Waals surface area contributed by atoms with Crippen LogP contribution in [-0.4, -0.2) is 59.5 Å². The lowest BCUT2D eigenvalue weighted by Crippen LogP contribution is -2.52. The molecule has 1 aliphatic carbocycles. The highest BCUT2D eigenvalue weighted by atomic mass is 16.4. The Bertz CT molecular complexity index is 324. The minimum atomic E-state index is 0.378. The fourth-order valence-corrected chi connectivity index (χ4v) is 3.94. The van der Waals surface area contributed by atoms with Gasteiger partial charge in [-0.3, -0.25) is 4.90 Å². The van der Waals surface area contributed by atoms with Crippen LogP contribution in [0.15, 0.2) is 5.16 Å². The van der Waals surface area contributed by atoms with Crippen molar-refractivity contribution < 1.29 is 5.21 Å². The van der Waals surface area contributed by atoms with Crippen molar-refractivity contribution in [2.45, 2.75) is 77.2 Å². The van der Waals surface area contributed by atoms with E-state index in [1.165, 1.54) is 57.8 Å². The SMILES string of the molecule is CCN1CCN(C2CCCCCCCCCC/C2=N/O)CC1. The van der Waals surface area contributed by atoms with Crippen LogP contribution in [0.2, 0.25) is 0 Å². The second kappa shape index (κ2) is 10.2. The summed E-state index contributed by atoms with van der Waals surface area (Å²) in [6.45, 7) is 7.96. The zero-order valence-corrected chi connectivity index (χ0v) is 14.5. The van der Waals surface area contributed by atoms with Gasteiger partial charge in [-0.2, -0.15) is 0 Å². The second-order valence-electron chi connectivity index (χ2n) is 6.94. The predicted octanol–water partition coefficient (Wildman–Crippen LogP) is 3.74. The molecule has 22 heavy (non-hydrogen) atoms. The van der Waals surface area contributed by atoms with Gasteiger partial charge in [-0.1, -0.05) is 57.0 Å². The number of piperazine rings is 1. The normalized spacial score (nSPS) is 29.9. The third-order valence-electron chi connectivity index (χ3n) is 5.47. The van der Waals surface area contributed by atoms with E-state index >= 15 is 0 Å². The van der Waals surface area contributed by atoms with Crippen molar-refractivity contribution in [3.8, 4) is 0 Å². The van der Waals surface area contributed by atoms with Gasteiger partial charge in [0.2, 0.25) is 0 Å². The van der Waals surface area contributed by atoms with Gasteiger partial charge in [0.05, 0.1) is 11.8 Å². The Morgan fingerprint density at radius 3 is 2.09 bits per heavy atom. The summed E-state index contributed by atoms with van der Waals surface area (Å²) in [7, 11) is 0. The standard InChI is InChI=1S/C18H35N3O/c1-2-20-13-15-21(16-14-20)18-12-10-8-6-4-3-5-7-9-11-17(18)19-22/h18,22H,2-16H2,1H3/b19-17-. The van der Waals surface area contributed by atoms with Crippen molar-refractivity contribution in [3.05, 3.63) is 0 Å². The van der Waals surface area contributed by atoms with Crippen molar-refractivity contribution in [3.63, 3.8) is 0 Å². The van der Waals surface area contributed by atoms with Gasteiger partial charge in [0, 0.05) is 26.2 Å². The highest BCUT2D eigenvalue weighted by Crippen LogP contribution is 2.20. The minimum absolute atomic E-state index is 0.378. The smallest absolute Gasteiger partial charge is 0.0742 e. The average molecular weight is 309 g/mol. The Hall–Kier alpha value is -0.610. The summed E-state index contributed by atoms with van der Waals surface area (Å²) in [6, 6.07) is 0.378. The van der Waals surface area contributed by atoms with Crippen molar-refractivity contribution in [2.24, 2.45) is 5.16 Å². The first-order chi connectivity index (χ1) is 10.8. The van der Waals surface area contributed by atoms with Gasteiger partial charge in [-0.25, -0.2) is 0 Å². The molecule has 0 aromatic carbocycles. The Kier molecular flexibility index (Phi) is 8.24. The van der Waals surface area contributed by atoms with E-state index in [2.05, 4.69) is 21.9 Å². The molecular formula is C18H35N3O. The molecule has 0 aromatic rings. The molecule has 1 heterocycles. The van der Waals surface area contributed by atoms with Crippen LogP contribution in [-0.2, 0) is 0 Å². The fraction of sp³-hybridized carbons (Fsp3) is 0.944. The van der Waals surface area contributed by atoms with E-state index in [0.29, 0.717) is 6.04 Å². The lowest BCUT2D eigenvalue weighted by atomic mass is 9.95. The molecule has 1 atom stereocenters. The molecule has 1 saturated heterocycles. The molecule has 2 fully saturated rings. The molecule has 1 aliphatic heterocycles. The van der Waals surface area contributed by atoms with Gasteiger partial charge in [-0.05, 0) is 25.8 Å². The molecule has 4 nitrogen and oxygen atoms in total. The Morgan fingerprint density at radius 1 is 0.909 bits per heavy atom. The van der Waals surface area contributed by atoms with Crippen LogP contribution in [0.1, 0.15) is 71.1 Å². The molecule has 0 bridgehead atoms. The first kappa shape index (κ1) is 17.7. The number of oxime groups is 1. The van der Waals surface area contributed by atoms with Crippen LogP contribution in [0, 0.1) is 0 Å². The van der Waals surface area contributed by atoms with E-state index < -0.39 is 0 Å². The summed E-state index contributed by atoms with van der Waals surface area (Å²) in [5.41, 5.74) is 1.05. The van der Waals surface area contributed by atoms with Crippen LogP contribution in [0.3, 0.4) is 0 Å². The van der Waals surface area contributed by atoms with Gasteiger partial charge in [0.15, 0.2) is 0 Å². The van der Waals surface area contributed by atoms with Crippen molar-refractivity contribution in [1.29, 1.82) is 0 Å². The molecule has 1 N–H and O–H groups in total. The van der Waals surface area contributed by atoms with Crippen molar-refractivity contribution in [1.82, 2.24) is 9.80 Å². The lowest BCUT2D eigenvalue weighted by molar-refractivity contribution is 0.115. The summed E-state index contributed by atoms with van der Waals surface area (Å²) in [5, 5.41) is 13.3. The topological polar surface area (TPSA) is 39.1 Å². The summed E-state index contributed by atoms with van der Waals surface area (Å²) >= 11 is 0. The second-order valence-corrected chi connectivity index (χ2v) is 6.94. The fourth-order valence-electron chi connectivity index (χ4n) is 3.94. The van der Waals surface area contributed by atoms with E-state index in [1.807, 2.05) is 0 Å². The zero-order chi connectivity index (χ0) is 15.6. The Morgan fingerprint density at radius 2 is 1.50 bits per heavy atom. The van der Waals surface area contributed by atoms with E-state index in [9.17, 15) is 5.21 Å². The first-order valence-electron chi connectivity index (χ1n) is 9.52. The van der Waals surface area contributed by atoms with Gasteiger partial charge in [0.1, 0.15) is 0 Å². The molecule has 0 amide bonds. The summed E-state index contributed by atoms with van der Waals surface area (Å²) in [4.78, 5) is 5.09. The van der Waals surface area contributed by atoms with Gasteiger partial charge < -0.3 is 10.1 Å². The summed E-state index contributed by atoms with van der Waals surface area (Å²) in [5.74, 6) is 0. The van der Waals surface area contributed by atoms with Crippen molar-refractivity contribution in [2.75, 3.05) is 32.7 Å².